The van der Waals surface area contributed by atoms with Crippen molar-refractivity contribution in [2.45, 2.75) is 25.9 Å². The first-order valence-corrected chi connectivity index (χ1v) is 9.30. The van der Waals surface area contributed by atoms with Crippen LogP contribution in [0.2, 0.25) is 0 Å². The molecule has 5 heteroatoms. The van der Waals surface area contributed by atoms with Gasteiger partial charge >= 0.3 is 0 Å². The van der Waals surface area contributed by atoms with Gasteiger partial charge in [-0.2, -0.15) is 0 Å². The first kappa shape index (κ1) is 19.4. The van der Waals surface area contributed by atoms with Crippen LogP contribution in [0.25, 0.3) is 0 Å². The van der Waals surface area contributed by atoms with Crippen LogP contribution in [0.15, 0.2) is 78.9 Å². The van der Waals surface area contributed by atoms with Crippen LogP contribution < -0.4 is 9.47 Å². The summed E-state index contributed by atoms with van der Waals surface area (Å²) in [6, 6.07) is 24.3. The summed E-state index contributed by atoms with van der Waals surface area (Å²) in [6.45, 7) is 3.02. The second-order valence-electron chi connectivity index (χ2n) is 6.49. The molecule has 0 bridgehead atoms. The van der Waals surface area contributed by atoms with Crippen molar-refractivity contribution in [2.75, 3.05) is 6.61 Å². The van der Waals surface area contributed by atoms with E-state index in [1.54, 1.807) is 12.1 Å². The lowest BCUT2D eigenvalue weighted by Gasteiger charge is -2.18. The maximum atomic E-state index is 10.8. The number of hydrogen-bond acceptors (Lipinski definition) is 4. The van der Waals surface area contributed by atoms with Crippen LogP contribution >= 0.6 is 0 Å². The fourth-order valence-electron chi connectivity index (χ4n) is 2.93. The molecule has 0 saturated heterocycles. The summed E-state index contributed by atoms with van der Waals surface area (Å²) >= 11 is 0. The smallest absolute Gasteiger partial charge is 0.269 e. The summed E-state index contributed by atoms with van der Waals surface area (Å²) in [5, 5.41) is 10.8. The summed E-state index contributed by atoms with van der Waals surface area (Å²) in [7, 11) is 0. The molecule has 0 aliphatic heterocycles. The highest BCUT2D eigenvalue weighted by Gasteiger charge is 2.14. The quantitative estimate of drug-likeness (QED) is 0.352. The summed E-state index contributed by atoms with van der Waals surface area (Å²) in [5.41, 5.74) is 2.21. The molecule has 0 fully saturated rings. The van der Waals surface area contributed by atoms with Crippen LogP contribution in [0, 0.1) is 10.1 Å². The Morgan fingerprint density at radius 2 is 1.46 bits per heavy atom. The van der Waals surface area contributed by atoms with E-state index in [9.17, 15) is 10.1 Å². The van der Waals surface area contributed by atoms with Gasteiger partial charge in [0.2, 0.25) is 0 Å². The Bertz CT molecular complexity index is 894. The second-order valence-corrected chi connectivity index (χ2v) is 6.49. The van der Waals surface area contributed by atoms with E-state index in [4.69, 9.17) is 9.47 Å². The molecule has 28 heavy (non-hydrogen) atoms. The molecule has 5 nitrogen and oxygen atoms in total. The Kier molecular flexibility index (Phi) is 6.63. The Balaban J connectivity index is 1.65. The lowest BCUT2D eigenvalue weighted by atomic mass is 9.97. The summed E-state index contributed by atoms with van der Waals surface area (Å²) in [6.07, 6.45) is 0.866. The minimum Gasteiger partial charge on any atom is -0.489 e. The zero-order chi connectivity index (χ0) is 19.8. The highest BCUT2D eigenvalue weighted by atomic mass is 16.6. The van der Waals surface area contributed by atoms with Crippen LogP contribution in [0.5, 0.6) is 11.5 Å². The van der Waals surface area contributed by atoms with E-state index in [0.29, 0.717) is 24.7 Å². The molecule has 0 aliphatic carbocycles. The van der Waals surface area contributed by atoms with Crippen LogP contribution in [0.3, 0.4) is 0 Å². The number of ether oxygens (including phenoxy) is 2. The van der Waals surface area contributed by atoms with Crippen LogP contribution in [0.1, 0.15) is 30.4 Å². The molecule has 3 rings (SSSR count). The third-order valence-electron chi connectivity index (χ3n) is 4.59. The van der Waals surface area contributed by atoms with Crippen LogP contribution in [0.4, 0.5) is 5.69 Å². The lowest BCUT2D eigenvalue weighted by molar-refractivity contribution is -0.384. The van der Waals surface area contributed by atoms with Crippen molar-refractivity contribution in [3.63, 3.8) is 0 Å². The molecular formula is C23H23NO4. The minimum atomic E-state index is -0.387. The van der Waals surface area contributed by atoms with Crippen molar-refractivity contribution in [2.24, 2.45) is 0 Å². The van der Waals surface area contributed by atoms with Gasteiger partial charge in [-0.3, -0.25) is 10.1 Å². The predicted octanol–water partition coefficient (Wildman–Crippen LogP) is 5.75. The zero-order valence-electron chi connectivity index (χ0n) is 15.8. The number of para-hydroxylation sites is 2. The molecule has 0 heterocycles. The minimum absolute atomic E-state index is 0.0965. The fraction of sp³-hybridized carbons (Fsp3) is 0.217. The molecule has 1 unspecified atom stereocenters. The number of nitro groups is 1. The molecule has 3 aromatic rings. The maximum absolute atomic E-state index is 10.8. The topological polar surface area (TPSA) is 61.6 Å². The average Bonchev–Trinajstić information content (AvgIpc) is 2.74. The van der Waals surface area contributed by atoms with Crippen LogP contribution in [-0.4, -0.2) is 11.5 Å². The van der Waals surface area contributed by atoms with Gasteiger partial charge in [0, 0.05) is 18.1 Å². The van der Waals surface area contributed by atoms with Gasteiger partial charge in [0.25, 0.3) is 5.69 Å². The number of benzene rings is 3. The number of nitro benzene ring substituents is 1. The van der Waals surface area contributed by atoms with Crippen molar-refractivity contribution >= 4 is 5.69 Å². The Morgan fingerprint density at radius 3 is 2.07 bits per heavy atom. The van der Waals surface area contributed by atoms with Crippen molar-refractivity contribution in [1.82, 2.24) is 0 Å². The summed E-state index contributed by atoms with van der Waals surface area (Å²) in [5.74, 6) is 1.53. The molecule has 0 amide bonds. The van der Waals surface area contributed by atoms with Gasteiger partial charge < -0.3 is 9.47 Å². The molecule has 3 aromatic carbocycles. The molecule has 0 radical (unpaired) electrons. The molecular weight excluding hydrogens is 354 g/mol. The summed E-state index contributed by atoms with van der Waals surface area (Å²) in [4.78, 5) is 10.4. The molecule has 0 spiro atoms. The highest BCUT2D eigenvalue weighted by molar-refractivity contribution is 5.40. The molecule has 1 atom stereocenters. The Labute approximate surface area is 164 Å². The van der Waals surface area contributed by atoms with Crippen molar-refractivity contribution in [1.29, 1.82) is 0 Å². The van der Waals surface area contributed by atoms with Crippen molar-refractivity contribution < 1.29 is 14.4 Å². The normalized spacial score (nSPS) is 11.6. The number of non-ortho nitro benzene ring substituents is 1. The van der Waals surface area contributed by atoms with Gasteiger partial charge in [-0.25, -0.2) is 0 Å². The molecule has 0 aromatic heterocycles. The monoisotopic (exact) mass is 377 g/mol. The number of nitrogens with zero attached hydrogens (tertiary/aromatic N) is 1. The van der Waals surface area contributed by atoms with E-state index in [0.717, 1.165) is 17.5 Å². The highest BCUT2D eigenvalue weighted by Crippen LogP contribution is 2.30. The zero-order valence-corrected chi connectivity index (χ0v) is 15.8. The van der Waals surface area contributed by atoms with Gasteiger partial charge in [0.1, 0.15) is 6.61 Å². The van der Waals surface area contributed by atoms with Gasteiger partial charge in [0.15, 0.2) is 11.5 Å². The largest absolute Gasteiger partial charge is 0.489 e. The molecule has 0 aliphatic rings. The van der Waals surface area contributed by atoms with E-state index >= 15 is 0 Å². The van der Waals surface area contributed by atoms with Gasteiger partial charge in [-0.1, -0.05) is 61.5 Å². The van der Waals surface area contributed by atoms with Crippen LogP contribution in [-0.2, 0) is 6.61 Å². The van der Waals surface area contributed by atoms with Crippen molar-refractivity contribution in [3.8, 4) is 11.5 Å². The van der Waals surface area contributed by atoms with E-state index in [2.05, 4.69) is 6.92 Å². The average molecular weight is 377 g/mol. The number of rotatable bonds is 9. The van der Waals surface area contributed by atoms with Gasteiger partial charge in [0.05, 0.1) is 11.5 Å². The van der Waals surface area contributed by atoms with Gasteiger partial charge in [-0.15, -0.1) is 0 Å². The first-order valence-electron chi connectivity index (χ1n) is 9.30. The molecule has 144 valence electrons. The SMILES string of the molecule is CCC(COc1ccccc1OCc1ccccc1)c1ccc([N+](=O)[O-])cc1. The first-order chi connectivity index (χ1) is 13.7. The maximum Gasteiger partial charge on any atom is 0.269 e. The van der Waals surface area contributed by atoms with E-state index in [-0.39, 0.29) is 16.5 Å². The van der Waals surface area contributed by atoms with Gasteiger partial charge in [-0.05, 0) is 29.7 Å². The fourth-order valence-corrected chi connectivity index (χ4v) is 2.93. The predicted molar refractivity (Wildman–Crippen MR) is 109 cm³/mol. The Hall–Kier alpha value is -3.34. The standard InChI is InChI=1S/C23H23NO4/c1-2-19(20-12-14-21(15-13-20)24(25)26)17-28-23-11-7-6-10-22(23)27-16-18-8-4-3-5-9-18/h3-15,19H,2,16-17H2,1H3. The van der Waals surface area contributed by atoms with E-state index in [1.807, 2.05) is 54.6 Å². The van der Waals surface area contributed by atoms with E-state index < -0.39 is 0 Å². The van der Waals surface area contributed by atoms with E-state index in [1.165, 1.54) is 12.1 Å². The second kappa shape index (κ2) is 9.55. The molecule has 0 saturated carbocycles. The third-order valence-corrected chi connectivity index (χ3v) is 4.59. The summed E-state index contributed by atoms with van der Waals surface area (Å²) < 4.78 is 12.0. The Morgan fingerprint density at radius 1 is 0.857 bits per heavy atom. The molecule has 0 N–H and O–H groups in total. The number of hydrogen-bond donors (Lipinski definition) is 0. The van der Waals surface area contributed by atoms with Crippen molar-refractivity contribution in [3.05, 3.63) is 100 Å². The lowest BCUT2D eigenvalue weighted by Crippen LogP contribution is -2.10. The third kappa shape index (κ3) is 5.10.